The van der Waals surface area contributed by atoms with Gasteiger partial charge in [-0.1, -0.05) is 117 Å². The maximum atomic E-state index is 13.0. The molecule has 1 aliphatic carbocycles. The van der Waals surface area contributed by atoms with Crippen molar-refractivity contribution in [1.82, 2.24) is 0 Å². The van der Waals surface area contributed by atoms with E-state index in [0.29, 0.717) is 0 Å². The zero-order valence-corrected chi connectivity index (χ0v) is 31.0. The molecule has 54 heavy (non-hydrogen) atoms. The van der Waals surface area contributed by atoms with Gasteiger partial charge in [0.05, 0.1) is 22.2 Å². The highest BCUT2D eigenvalue weighted by Gasteiger charge is 2.38. The van der Waals surface area contributed by atoms with Crippen molar-refractivity contribution in [1.29, 1.82) is 0 Å². The van der Waals surface area contributed by atoms with Gasteiger partial charge in [0, 0.05) is 44.2 Å². The van der Waals surface area contributed by atoms with Crippen LogP contribution in [0, 0.1) is 0 Å². The van der Waals surface area contributed by atoms with Crippen molar-refractivity contribution >= 4 is 60.6 Å². The van der Waals surface area contributed by atoms with Crippen LogP contribution in [0.3, 0.4) is 0 Å². The fraction of sp³-hybridized carbons (Fsp3) is 0.0800. The lowest BCUT2D eigenvalue weighted by atomic mass is 9.81. The van der Waals surface area contributed by atoms with Crippen molar-refractivity contribution in [3.8, 4) is 44.5 Å². The first-order chi connectivity index (χ1) is 26.3. The Morgan fingerprint density at radius 3 is 1.94 bits per heavy atom. The van der Waals surface area contributed by atoms with Gasteiger partial charge < -0.3 is 9.32 Å². The van der Waals surface area contributed by atoms with Gasteiger partial charge in [-0.25, -0.2) is 0 Å². The zero-order valence-electron chi connectivity index (χ0n) is 30.2. The molecule has 1 atom stereocenters. The van der Waals surface area contributed by atoms with E-state index < -0.39 is 10.8 Å². The van der Waals surface area contributed by atoms with Crippen LogP contribution in [0.5, 0.6) is 0 Å². The standard InChI is InChI=1S/C50H35NO2S/c1-50(2)43-18-10-8-17-37(43)39-29-46-40(28-44(39)50)36-16-7-6-15-35(36)38-22-20-32(34-14-9-11-19-49(34)54(3)52)25-45(38)51(46)33-21-23-47-42(27-33)41-24-30-12-4-5-13-31(30)26-48(41)53-47/h4-29H,1-3H3. The van der Waals surface area contributed by atoms with E-state index in [1.54, 1.807) is 6.26 Å². The lowest BCUT2D eigenvalue weighted by molar-refractivity contribution is 0.660. The van der Waals surface area contributed by atoms with E-state index in [0.717, 1.165) is 66.0 Å². The minimum atomic E-state index is -1.15. The van der Waals surface area contributed by atoms with Crippen molar-refractivity contribution in [2.45, 2.75) is 24.2 Å². The molecule has 1 aromatic heterocycles. The van der Waals surface area contributed by atoms with Crippen molar-refractivity contribution in [3.63, 3.8) is 0 Å². The van der Waals surface area contributed by atoms with Gasteiger partial charge in [-0.2, -0.15) is 0 Å². The number of anilines is 3. The summed E-state index contributed by atoms with van der Waals surface area (Å²) in [5.41, 5.74) is 16.8. The third-order valence-corrected chi connectivity index (χ3v) is 12.7. The first-order valence-corrected chi connectivity index (χ1v) is 20.0. The largest absolute Gasteiger partial charge is 0.456 e. The molecule has 0 spiro atoms. The second-order valence-corrected chi connectivity index (χ2v) is 16.5. The molecule has 3 nitrogen and oxygen atoms in total. The van der Waals surface area contributed by atoms with Gasteiger partial charge in [0.25, 0.3) is 0 Å². The molecule has 4 heteroatoms. The van der Waals surface area contributed by atoms with E-state index in [9.17, 15) is 4.21 Å². The van der Waals surface area contributed by atoms with Gasteiger partial charge in [-0.05, 0) is 110 Å². The van der Waals surface area contributed by atoms with Gasteiger partial charge in [0.1, 0.15) is 11.2 Å². The summed E-state index contributed by atoms with van der Waals surface area (Å²) >= 11 is 0. The molecule has 9 aromatic rings. The second-order valence-electron chi connectivity index (χ2n) is 15.1. The quantitative estimate of drug-likeness (QED) is 0.183. The summed E-state index contributed by atoms with van der Waals surface area (Å²) in [4.78, 5) is 3.28. The highest BCUT2D eigenvalue weighted by molar-refractivity contribution is 7.84. The number of benzene rings is 8. The third-order valence-electron chi connectivity index (χ3n) is 11.8. The maximum Gasteiger partial charge on any atom is 0.136 e. The van der Waals surface area contributed by atoms with E-state index >= 15 is 0 Å². The van der Waals surface area contributed by atoms with E-state index in [1.807, 2.05) is 18.2 Å². The van der Waals surface area contributed by atoms with Crippen LogP contribution in [0.25, 0.3) is 77.2 Å². The highest BCUT2D eigenvalue weighted by atomic mass is 32.2. The average Bonchev–Trinajstić information content (AvgIpc) is 3.62. The Labute approximate surface area is 316 Å². The van der Waals surface area contributed by atoms with Gasteiger partial charge in [0.15, 0.2) is 0 Å². The summed E-state index contributed by atoms with van der Waals surface area (Å²) in [7, 11) is -1.15. The molecule has 258 valence electrons. The first-order valence-electron chi connectivity index (χ1n) is 18.5. The van der Waals surface area contributed by atoms with Crippen LogP contribution in [-0.2, 0) is 16.2 Å². The minimum absolute atomic E-state index is 0.149. The van der Waals surface area contributed by atoms with Crippen LogP contribution in [0.2, 0.25) is 0 Å². The lowest BCUT2D eigenvalue weighted by Crippen LogP contribution is -2.16. The molecule has 0 N–H and O–H groups in total. The molecule has 2 heterocycles. The molecule has 0 amide bonds. The summed E-state index contributed by atoms with van der Waals surface area (Å²) in [6, 6.07) is 56.8. The third kappa shape index (κ3) is 4.44. The summed E-state index contributed by atoms with van der Waals surface area (Å²) in [6.45, 7) is 4.70. The number of rotatable bonds is 3. The Hall–Kier alpha value is -6.23. The van der Waals surface area contributed by atoms with E-state index in [-0.39, 0.29) is 5.41 Å². The molecular formula is C50H35NO2S. The molecular weight excluding hydrogens is 679 g/mol. The summed E-state index contributed by atoms with van der Waals surface area (Å²) in [5, 5.41) is 4.53. The van der Waals surface area contributed by atoms with Crippen LogP contribution in [0.15, 0.2) is 167 Å². The molecule has 1 unspecified atom stereocenters. The fourth-order valence-corrected chi connectivity index (χ4v) is 9.92. The molecule has 0 radical (unpaired) electrons. The number of furan rings is 1. The normalized spacial score (nSPS) is 14.3. The van der Waals surface area contributed by atoms with Crippen LogP contribution in [-0.4, -0.2) is 10.5 Å². The number of fused-ring (bicyclic) bond motifs is 12. The molecule has 0 bridgehead atoms. The van der Waals surface area contributed by atoms with Gasteiger partial charge in [-0.15, -0.1) is 0 Å². The second kappa shape index (κ2) is 11.4. The van der Waals surface area contributed by atoms with E-state index in [1.165, 1.54) is 44.3 Å². The van der Waals surface area contributed by atoms with E-state index in [4.69, 9.17) is 4.42 Å². The Morgan fingerprint density at radius 1 is 0.500 bits per heavy atom. The van der Waals surface area contributed by atoms with Crippen molar-refractivity contribution < 1.29 is 8.63 Å². The molecule has 0 saturated heterocycles. The van der Waals surface area contributed by atoms with Crippen molar-refractivity contribution in [3.05, 3.63) is 169 Å². The molecule has 2 aliphatic rings. The average molecular weight is 714 g/mol. The summed E-state index contributed by atoms with van der Waals surface area (Å²) in [6.07, 6.45) is 1.76. The fourth-order valence-electron chi connectivity index (χ4n) is 9.15. The predicted octanol–water partition coefficient (Wildman–Crippen LogP) is 13.6. The van der Waals surface area contributed by atoms with Gasteiger partial charge in [0.2, 0.25) is 0 Å². The van der Waals surface area contributed by atoms with Gasteiger partial charge >= 0.3 is 0 Å². The molecule has 8 aromatic carbocycles. The highest BCUT2D eigenvalue weighted by Crippen LogP contribution is 2.57. The van der Waals surface area contributed by atoms with Gasteiger partial charge in [-0.3, -0.25) is 4.21 Å². The SMILES string of the molecule is CS(=O)c1ccccc1-c1ccc2c(c1)N(c1ccc3oc4cc5ccccc5cc4c3c1)c1cc3c(cc1-c1ccccc1-2)C(C)(C)c1ccccc1-3. The minimum Gasteiger partial charge on any atom is -0.456 e. The lowest BCUT2D eigenvalue weighted by Gasteiger charge is -2.29. The predicted molar refractivity (Wildman–Crippen MR) is 226 cm³/mol. The number of hydrogen-bond donors (Lipinski definition) is 0. The molecule has 0 fully saturated rings. The molecule has 1 aliphatic heterocycles. The van der Waals surface area contributed by atoms with Crippen LogP contribution < -0.4 is 4.90 Å². The summed E-state index contributed by atoms with van der Waals surface area (Å²) < 4.78 is 19.5. The Balaban J connectivity index is 1.25. The summed E-state index contributed by atoms with van der Waals surface area (Å²) in [5.74, 6) is 0. The zero-order chi connectivity index (χ0) is 36.3. The molecule has 0 saturated carbocycles. The van der Waals surface area contributed by atoms with Crippen LogP contribution in [0.1, 0.15) is 25.0 Å². The van der Waals surface area contributed by atoms with Crippen LogP contribution >= 0.6 is 0 Å². The van der Waals surface area contributed by atoms with E-state index in [2.05, 4.69) is 158 Å². The Kier molecular flexibility index (Phi) is 6.60. The molecule has 11 rings (SSSR count). The Bertz CT molecular complexity index is 3080. The number of nitrogens with zero attached hydrogens (tertiary/aromatic N) is 1. The van der Waals surface area contributed by atoms with Crippen molar-refractivity contribution in [2.75, 3.05) is 11.2 Å². The maximum absolute atomic E-state index is 13.0. The monoisotopic (exact) mass is 713 g/mol. The Morgan fingerprint density at radius 2 is 1.15 bits per heavy atom. The van der Waals surface area contributed by atoms with Crippen molar-refractivity contribution in [2.24, 2.45) is 0 Å². The number of hydrogen-bond acceptors (Lipinski definition) is 3. The first kappa shape index (κ1) is 31.3. The topological polar surface area (TPSA) is 33.5 Å². The van der Waals surface area contributed by atoms with Crippen LogP contribution in [0.4, 0.5) is 17.1 Å². The smallest absolute Gasteiger partial charge is 0.136 e.